The largest absolute Gasteiger partial charge is 0.382 e. The first-order valence-corrected chi connectivity index (χ1v) is 6.45. The van der Waals surface area contributed by atoms with Crippen LogP contribution in [0.25, 0.3) is 0 Å². The first kappa shape index (κ1) is 16.8. The molecule has 0 aliphatic carbocycles. The first-order valence-electron chi connectivity index (χ1n) is 6.45. The van der Waals surface area contributed by atoms with Crippen molar-refractivity contribution in [2.24, 2.45) is 0 Å². The molecule has 0 spiro atoms. The van der Waals surface area contributed by atoms with Gasteiger partial charge in [0.1, 0.15) is 0 Å². The van der Waals surface area contributed by atoms with E-state index in [1.54, 1.807) is 7.11 Å². The van der Waals surface area contributed by atoms with E-state index in [1.807, 2.05) is 6.92 Å². The SMILES string of the molecule is CCOCCOCC[CH]CCCOCCOC. The maximum Gasteiger partial charge on any atom is 0.0700 e. The minimum absolute atomic E-state index is 0.678. The molecular weight excluding hydrogens is 220 g/mol. The molecule has 0 bridgehead atoms. The number of hydrogen-bond donors (Lipinski definition) is 0. The van der Waals surface area contributed by atoms with E-state index in [-0.39, 0.29) is 0 Å². The second-order valence-corrected chi connectivity index (χ2v) is 3.63. The lowest BCUT2D eigenvalue weighted by molar-refractivity contribution is 0.0532. The van der Waals surface area contributed by atoms with Gasteiger partial charge in [-0.2, -0.15) is 0 Å². The number of methoxy groups -OCH3 is 1. The fourth-order valence-corrected chi connectivity index (χ4v) is 1.25. The fourth-order valence-electron chi connectivity index (χ4n) is 1.25. The van der Waals surface area contributed by atoms with Crippen LogP contribution in [0.1, 0.15) is 26.2 Å². The quantitative estimate of drug-likeness (QED) is 0.440. The molecule has 0 saturated heterocycles. The molecule has 103 valence electrons. The summed E-state index contributed by atoms with van der Waals surface area (Å²) in [5.74, 6) is 0. The molecule has 0 aromatic carbocycles. The Morgan fingerprint density at radius 2 is 1.47 bits per heavy atom. The summed E-state index contributed by atoms with van der Waals surface area (Å²) >= 11 is 0. The van der Waals surface area contributed by atoms with Gasteiger partial charge in [0.15, 0.2) is 0 Å². The minimum Gasteiger partial charge on any atom is -0.382 e. The molecule has 0 aliphatic rings. The predicted molar refractivity (Wildman–Crippen MR) is 68.2 cm³/mol. The van der Waals surface area contributed by atoms with Crippen molar-refractivity contribution >= 4 is 0 Å². The van der Waals surface area contributed by atoms with Gasteiger partial charge in [-0.25, -0.2) is 0 Å². The van der Waals surface area contributed by atoms with Crippen LogP contribution in [0, 0.1) is 6.42 Å². The summed E-state index contributed by atoms with van der Waals surface area (Å²) < 4.78 is 20.8. The average Bonchev–Trinajstić information content (AvgIpc) is 2.35. The van der Waals surface area contributed by atoms with Gasteiger partial charge in [0, 0.05) is 26.9 Å². The third-order valence-corrected chi connectivity index (χ3v) is 2.17. The van der Waals surface area contributed by atoms with E-state index in [0.29, 0.717) is 26.4 Å². The summed E-state index contributed by atoms with van der Waals surface area (Å²) in [6.45, 7) is 7.11. The zero-order valence-electron chi connectivity index (χ0n) is 11.3. The lowest BCUT2D eigenvalue weighted by atomic mass is 10.2. The zero-order valence-corrected chi connectivity index (χ0v) is 11.3. The molecule has 1 radical (unpaired) electrons. The van der Waals surface area contributed by atoms with Gasteiger partial charge >= 0.3 is 0 Å². The Morgan fingerprint density at radius 1 is 0.765 bits per heavy atom. The third-order valence-electron chi connectivity index (χ3n) is 2.17. The van der Waals surface area contributed by atoms with Gasteiger partial charge < -0.3 is 18.9 Å². The van der Waals surface area contributed by atoms with E-state index in [4.69, 9.17) is 18.9 Å². The van der Waals surface area contributed by atoms with Crippen LogP contribution in [-0.4, -0.2) is 53.4 Å². The Bertz CT molecular complexity index is 117. The normalized spacial score (nSPS) is 10.9. The molecule has 0 aromatic heterocycles. The van der Waals surface area contributed by atoms with E-state index in [0.717, 1.165) is 39.1 Å². The second-order valence-electron chi connectivity index (χ2n) is 3.63. The van der Waals surface area contributed by atoms with Gasteiger partial charge in [0.05, 0.1) is 26.4 Å². The van der Waals surface area contributed by atoms with Crippen LogP contribution in [0.5, 0.6) is 0 Å². The lowest BCUT2D eigenvalue weighted by Gasteiger charge is -2.05. The molecule has 0 N–H and O–H groups in total. The Hall–Kier alpha value is -0.160. The summed E-state index contributed by atoms with van der Waals surface area (Å²) in [5, 5.41) is 0. The van der Waals surface area contributed by atoms with Crippen LogP contribution in [0.4, 0.5) is 0 Å². The van der Waals surface area contributed by atoms with Crippen molar-refractivity contribution in [2.75, 3.05) is 53.4 Å². The van der Waals surface area contributed by atoms with Crippen molar-refractivity contribution in [3.8, 4) is 0 Å². The molecule has 0 heterocycles. The Balaban J connectivity index is 2.85. The van der Waals surface area contributed by atoms with Gasteiger partial charge in [0.25, 0.3) is 0 Å². The van der Waals surface area contributed by atoms with Crippen molar-refractivity contribution in [1.82, 2.24) is 0 Å². The highest BCUT2D eigenvalue weighted by molar-refractivity contribution is 4.63. The summed E-state index contributed by atoms with van der Waals surface area (Å²) in [6.07, 6.45) is 5.41. The monoisotopic (exact) mass is 247 g/mol. The lowest BCUT2D eigenvalue weighted by Crippen LogP contribution is -2.05. The first-order chi connectivity index (χ1) is 8.41. The number of rotatable bonds is 14. The maximum absolute atomic E-state index is 5.39. The van der Waals surface area contributed by atoms with E-state index < -0.39 is 0 Å². The van der Waals surface area contributed by atoms with Gasteiger partial charge in [-0.15, -0.1) is 0 Å². The highest BCUT2D eigenvalue weighted by Gasteiger charge is 1.93. The molecule has 0 unspecified atom stereocenters. The number of unbranched alkanes of at least 4 members (excludes halogenated alkanes) is 3. The van der Waals surface area contributed by atoms with Crippen LogP contribution in [-0.2, 0) is 18.9 Å². The van der Waals surface area contributed by atoms with Crippen molar-refractivity contribution < 1.29 is 18.9 Å². The topological polar surface area (TPSA) is 36.9 Å². The minimum atomic E-state index is 0.678. The molecule has 0 amide bonds. The van der Waals surface area contributed by atoms with Gasteiger partial charge in [-0.1, -0.05) is 0 Å². The highest BCUT2D eigenvalue weighted by Crippen LogP contribution is 1.99. The number of hydrogen-bond acceptors (Lipinski definition) is 4. The van der Waals surface area contributed by atoms with Crippen LogP contribution < -0.4 is 0 Å². The molecule has 0 fully saturated rings. The standard InChI is InChI=1S/C13H27O4/c1-3-15-12-13-17-9-7-5-4-6-8-16-11-10-14-2/h5H,3-4,6-13H2,1-2H3. The predicted octanol–water partition coefficient (Wildman–Crippen LogP) is 2.08. The third kappa shape index (κ3) is 15.8. The second kappa shape index (κ2) is 15.8. The van der Waals surface area contributed by atoms with Crippen molar-refractivity contribution in [3.05, 3.63) is 6.42 Å². The molecule has 17 heavy (non-hydrogen) atoms. The van der Waals surface area contributed by atoms with E-state index in [9.17, 15) is 0 Å². The molecule has 0 rings (SSSR count). The van der Waals surface area contributed by atoms with E-state index in [1.165, 1.54) is 0 Å². The smallest absolute Gasteiger partial charge is 0.0700 e. The summed E-state index contributed by atoms with van der Waals surface area (Å²) in [7, 11) is 1.68. The van der Waals surface area contributed by atoms with E-state index >= 15 is 0 Å². The zero-order chi connectivity index (χ0) is 12.6. The van der Waals surface area contributed by atoms with Crippen molar-refractivity contribution in [1.29, 1.82) is 0 Å². The van der Waals surface area contributed by atoms with Crippen LogP contribution in [0.2, 0.25) is 0 Å². The van der Waals surface area contributed by atoms with Crippen molar-refractivity contribution in [3.63, 3.8) is 0 Å². The maximum atomic E-state index is 5.39. The highest BCUT2D eigenvalue weighted by atomic mass is 16.5. The van der Waals surface area contributed by atoms with E-state index in [2.05, 4.69) is 6.42 Å². The molecule has 0 saturated carbocycles. The van der Waals surface area contributed by atoms with Crippen molar-refractivity contribution in [2.45, 2.75) is 26.2 Å². The summed E-state index contributed by atoms with van der Waals surface area (Å²) in [6, 6.07) is 0. The Labute approximate surface area is 106 Å². The molecule has 0 aromatic rings. The molecule has 0 aliphatic heterocycles. The Morgan fingerprint density at radius 3 is 2.24 bits per heavy atom. The van der Waals surface area contributed by atoms with Crippen LogP contribution >= 0.6 is 0 Å². The molecule has 4 heteroatoms. The average molecular weight is 247 g/mol. The number of ether oxygens (including phenoxy) is 4. The van der Waals surface area contributed by atoms with Gasteiger partial charge in [0.2, 0.25) is 0 Å². The molecule has 4 nitrogen and oxygen atoms in total. The summed E-state index contributed by atoms with van der Waals surface area (Å²) in [4.78, 5) is 0. The molecule has 0 atom stereocenters. The van der Waals surface area contributed by atoms with Gasteiger partial charge in [-0.05, 0) is 32.6 Å². The summed E-state index contributed by atoms with van der Waals surface area (Å²) in [5.41, 5.74) is 0. The van der Waals surface area contributed by atoms with Crippen LogP contribution in [0.3, 0.4) is 0 Å². The van der Waals surface area contributed by atoms with Gasteiger partial charge in [-0.3, -0.25) is 0 Å². The fraction of sp³-hybridized carbons (Fsp3) is 0.923. The molecular formula is C13H27O4. The van der Waals surface area contributed by atoms with Crippen LogP contribution in [0.15, 0.2) is 0 Å². The Kier molecular flexibility index (Phi) is 15.7.